The molecule has 1 N–H and O–H groups in total. The Morgan fingerprint density at radius 3 is 2.33 bits per heavy atom. The zero-order valence-corrected chi connectivity index (χ0v) is 7.82. The van der Waals surface area contributed by atoms with E-state index in [4.69, 9.17) is 5.11 Å². The molecule has 1 aromatic carbocycles. The monoisotopic (exact) mass is 240 g/mol. The third-order valence-electron chi connectivity index (χ3n) is 1.39. The summed E-state index contributed by atoms with van der Waals surface area (Å²) in [4.78, 5) is 9.68. The van der Waals surface area contributed by atoms with Gasteiger partial charge in [-0.2, -0.15) is 8.78 Å². The second-order valence-corrected chi connectivity index (χ2v) is 3.69. The van der Waals surface area contributed by atoms with Gasteiger partial charge in [-0.15, -0.1) is 0 Å². The minimum Gasteiger partial charge on any atom is -0.476 e. The average Bonchev–Trinajstić information content (AvgIpc) is 2.10. The molecule has 0 fully saturated rings. The molecule has 0 aliphatic rings. The van der Waals surface area contributed by atoms with Crippen LogP contribution in [0.5, 0.6) is 0 Å². The van der Waals surface area contributed by atoms with Gasteiger partial charge in [0, 0.05) is 4.90 Å². The highest BCUT2D eigenvalue weighted by atomic mass is 32.2. The highest BCUT2D eigenvalue weighted by Gasteiger charge is 2.40. The van der Waals surface area contributed by atoms with Crippen LogP contribution in [0.15, 0.2) is 23.1 Å². The molecule has 7 heteroatoms. The van der Waals surface area contributed by atoms with Crippen LogP contribution in [0.4, 0.5) is 17.6 Å². The fraction of sp³-hybridized carbons (Fsp3) is 0.125. The Morgan fingerprint density at radius 1 is 1.27 bits per heavy atom. The smallest absolute Gasteiger partial charge is 0.393 e. The van der Waals surface area contributed by atoms with Crippen molar-refractivity contribution in [3.63, 3.8) is 0 Å². The lowest BCUT2D eigenvalue weighted by Crippen LogP contribution is -2.23. The number of carboxylic acid groups (broad SMARTS) is 1. The van der Waals surface area contributed by atoms with E-state index in [0.29, 0.717) is 12.1 Å². The summed E-state index contributed by atoms with van der Waals surface area (Å²) in [7, 11) is 0. The predicted octanol–water partition coefficient (Wildman–Crippen LogP) is 2.73. The first-order valence-electron chi connectivity index (χ1n) is 3.58. The summed E-state index contributed by atoms with van der Waals surface area (Å²) < 4.78 is 50.2. The lowest BCUT2D eigenvalue weighted by atomic mass is 10.3. The van der Waals surface area contributed by atoms with E-state index in [1.165, 1.54) is 0 Å². The van der Waals surface area contributed by atoms with E-state index in [9.17, 15) is 22.4 Å². The maximum Gasteiger partial charge on any atom is 0.393 e. The Morgan fingerprint density at radius 2 is 1.87 bits per heavy atom. The molecule has 0 spiro atoms. The van der Waals surface area contributed by atoms with Gasteiger partial charge in [-0.1, -0.05) is 0 Å². The highest BCUT2D eigenvalue weighted by Crippen LogP contribution is 2.36. The minimum absolute atomic E-state index is 0.360. The highest BCUT2D eigenvalue weighted by molar-refractivity contribution is 8.01. The van der Waals surface area contributed by atoms with Gasteiger partial charge in [0.2, 0.25) is 0 Å². The van der Waals surface area contributed by atoms with Crippen molar-refractivity contribution in [2.75, 3.05) is 0 Å². The number of carboxylic acids is 1. The van der Waals surface area contributed by atoms with Crippen LogP contribution in [0.1, 0.15) is 0 Å². The van der Waals surface area contributed by atoms with Crippen molar-refractivity contribution < 1.29 is 27.5 Å². The summed E-state index contributed by atoms with van der Waals surface area (Å²) >= 11 is -0.363. The van der Waals surface area contributed by atoms with Crippen LogP contribution >= 0.6 is 11.8 Å². The topological polar surface area (TPSA) is 37.3 Å². The van der Waals surface area contributed by atoms with Crippen LogP contribution in [-0.2, 0) is 4.79 Å². The number of carbonyl (C=O) groups is 1. The van der Waals surface area contributed by atoms with Crippen LogP contribution in [0.25, 0.3) is 0 Å². The molecule has 1 rings (SSSR count). The first-order chi connectivity index (χ1) is 6.83. The third-order valence-corrected chi connectivity index (χ3v) is 2.31. The van der Waals surface area contributed by atoms with Gasteiger partial charge >= 0.3 is 11.2 Å². The molecule has 0 amide bonds. The Labute approximate surface area is 85.9 Å². The van der Waals surface area contributed by atoms with E-state index >= 15 is 0 Å². The van der Waals surface area contributed by atoms with E-state index in [1.807, 2.05) is 0 Å². The standard InChI is InChI=1S/C8H4F4O2S/c9-5-2-1-4(3-6(5)10)15-8(11,12)7(13)14/h1-3H,(H,13,14). The quantitative estimate of drug-likeness (QED) is 0.652. The maximum atomic E-state index is 12.6. The molecule has 0 bridgehead atoms. The molecule has 0 aromatic heterocycles. The van der Waals surface area contributed by atoms with Crippen molar-refractivity contribution >= 4 is 17.7 Å². The molecule has 0 aliphatic carbocycles. The second kappa shape index (κ2) is 4.09. The SMILES string of the molecule is O=C(O)C(F)(F)Sc1ccc(F)c(F)c1. The summed E-state index contributed by atoms with van der Waals surface area (Å²) in [6, 6.07) is 2.03. The Bertz CT molecular complexity index is 394. The molecular formula is C8H4F4O2S. The fourth-order valence-corrected chi connectivity index (χ4v) is 1.41. The largest absolute Gasteiger partial charge is 0.476 e. The van der Waals surface area contributed by atoms with Crippen LogP contribution in [0.3, 0.4) is 0 Å². The first kappa shape index (κ1) is 11.8. The third kappa shape index (κ3) is 2.85. The second-order valence-electron chi connectivity index (χ2n) is 2.50. The van der Waals surface area contributed by atoms with Crippen molar-refractivity contribution in [2.24, 2.45) is 0 Å². The molecule has 0 radical (unpaired) electrons. The molecule has 2 nitrogen and oxygen atoms in total. The summed E-state index contributed by atoms with van der Waals surface area (Å²) in [5, 5.41) is 4.02. The van der Waals surface area contributed by atoms with Gasteiger partial charge in [-0.05, 0) is 30.0 Å². The first-order valence-corrected chi connectivity index (χ1v) is 4.40. The normalized spacial score (nSPS) is 11.5. The van der Waals surface area contributed by atoms with Gasteiger partial charge in [0.1, 0.15) is 0 Å². The van der Waals surface area contributed by atoms with Gasteiger partial charge in [0.05, 0.1) is 0 Å². The molecule has 0 saturated heterocycles. The van der Waals surface area contributed by atoms with E-state index in [0.717, 1.165) is 6.07 Å². The Hall–Kier alpha value is -1.24. The lowest BCUT2D eigenvalue weighted by molar-refractivity contribution is -0.152. The molecule has 0 heterocycles. The van der Waals surface area contributed by atoms with Crippen LogP contribution in [-0.4, -0.2) is 16.3 Å². The van der Waals surface area contributed by atoms with Crippen molar-refractivity contribution in [1.29, 1.82) is 0 Å². The van der Waals surface area contributed by atoms with Gasteiger partial charge in [-0.3, -0.25) is 0 Å². The van der Waals surface area contributed by atoms with Crippen molar-refractivity contribution in [2.45, 2.75) is 10.2 Å². The summed E-state index contributed by atoms with van der Waals surface area (Å²) in [5.74, 6) is -4.82. The number of hydrogen-bond acceptors (Lipinski definition) is 2. The van der Waals surface area contributed by atoms with E-state index in [-0.39, 0.29) is 16.7 Å². The van der Waals surface area contributed by atoms with Gasteiger partial charge in [0.25, 0.3) is 0 Å². The number of benzene rings is 1. The zero-order valence-electron chi connectivity index (χ0n) is 7.01. The summed E-state index contributed by atoms with van der Waals surface area (Å²) in [5.41, 5.74) is 0. The Balaban J connectivity index is 2.91. The van der Waals surface area contributed by atoms with Crippen molar-refractivity contribution in [3.8, 4) is 0 Å². The molecular weight excluding hydrogens is 236 g/mol. The van der Waals surface area contributed by atoms with Crippen molar-refractivity contribution in [1.82, 2.24) is 0 Å². The van der Waals surface area contributed by atoms with E-state index < -0.39 is 22.9 Å². The number of aliphatic carboxylic acids is 1. The molecule has 0 saturated carbocycles. The molecule has 1 aromatic rings. The molecule has 0 atom stereocenters. The number of rotatable bonds is 3. The minimum atomic E-state index is -4.07. The molecule has 0 aliphatic heterocycles. The average molecular weight is 240 g/mol. The predicted molar refractivity (Wildman–Crippen MR) is 44.8 cm³/mol. The van der Waals surface area contributed by atoms with Gasteiger partial charge in [0.15, 0.2) is 11.6 Å². The summed E-state index contributed by atoms with van der Waals surface area (Å²) in [6.07, 6.45) is 0. The van der Waals surface area contributed by atoms with Crippen LogP contribution in [0.2, 0.25) is 0 Å². The van der Waals surface area contributed by atoms with Crippen LogP contribution < -0.4 is 0 Å². The fourth-order valence-electron chi connectivity index (χ4n) is 0.732. The van der Waals surface area contributed by atoms with Gasteiger partial charge in [-0.25, -0.2) is 13.6 Å². The van der Waals surface area contributed by atoms with Crippen molar-refractivity contribution in [3.05, 3.63) is 29.8 Å². The molecule has 82 valence electrons. The van der Waals surface area contributed by atoms with Gasteiger partial charge < -0.3 is 5.11 Å². The van der Waals surface area contributed by atoms with Crippen LogP contribution in [0, 0.1) is 11.6 Å². The molecule has 0 unspecified atom stereocenters. The number of alkyl halides is 2. The van der Waals surface area contributed by atoms with E-state index in [1.54, 1.807) is 0 Å². The lowest BCUT2D eigenvalue weighted by Gasteiger charge is -2.09. The zero-order chi connectivity index (χ0) is 11.6. The number of hydrogen-bond donors (Lipinski definition) is 1. The van der Waals surface area contributed by atoms with E-state index in [2.05, 4.69) is 0 Å². The summed E-state index contributed by atoms with van der Waals surface area (Å²) in [6.45, 7) is 0. The number of halogens is 4. The Kier molecular flexibility index (Phi) is 3.23. The molecule has 15 heavy (non-hydrogen) atoms. The maximum absolute atomic E-state index is 12.6. The number of thioether (sulfide) groups is 1.